The number of likely N-dealkylation sites (tertiary alicyclic amines) is 1. The van der Waals surface area contributed by atoms with Gasteiger partial charge in [-0.15, -0.1) is 11.3 Å². The molecule has 0 spiro atoms. The minimum absolute atomic E-state index is 0.00315. The predicted molar refractivity (Wildman–Crippen MR) is 76.4 cm³/mol. The number of piperidine rings is 1. The van der Waals surface area contributed by atoms with Crippen LogP contribution in [0, 0.1) is 5.92 Å². The van der Waals surface area contributed by atoms with Crippen LogP contribution in [0.25, 0.3) is 0 Å². The summed E-state index contributed by atoms with van der Waals surface area (Å²) in [5.74, 6) is -1.03. The highest BCUT2D eigenvalue weighted by Gasteiger charge is 2.31. The Morgan fingerprint density at radius 2 is 2.00 bits per heavy atom. The molecule has 122 valence electrons. The van der Waals surface area contributed by atoms with Crippen LogP contribution >= 0.6 is 11.3 Å². The summed E-state index contributed by atoms with van der Waals surface area (Å²) in [6.07, 6.45) is -3.25. The number of alkyl halides is 3. The largest absolute Gasteiger partial charge is 0.405 e. The van der Waals surface area contributed by atoms with Gasteiger partial charge in [-0.2, -0.15) is 13.2 Å². The molecule has 0 aromatic carbocycles. The van der Waals surface area contributed by atoms with Crippen LogP contribution in [0.4, 0.5) is 13.2 Å². The Hall–Kier alpha value is -1.57. The molecule has 1 N–H and O–H groups in total. The van der Waals surface area contributed by atoms with E-state index in [1.54, 1.807) is 4.90 Å². The Labute approximate surface area is 130 Å². The zero-order chi connectivity index (χ0) is 16.2. The van der Waals surface area contributed by atoms with Gasteiger partial charge in [-0.3, -0.25) is 9.59 Å². The van der Waals surface area contributed by atoms with Crippen molar-refractivity contribution in [2.45, 2.75) is 25.4 Å². The molecule has 1 aromatic rings. The third-order valence-corrected chi connectivity index (χ3v) is 4.46. The van der Waals surface area contributed by atoms with Gasteiger partial charge in [0.25, 0.3) is 0 Å². The average molecular weight is 334 g/mol. The van der Waals surface area contributed by atoms with Crippen molar-refractivity contribution >= 4 is 23.2 Å². The lowest BCUT2D eigenvalue weighted by atomic mass is 9.95. The first kappa shape index (κ1) is 16.8. The Morgan fingerprint density at radius 1 is 1.32 bits per heavy atom. The molecule has 2 rings (SSSR count). The molecule has 1 saturated heterocycles. The summed E-state index contributed by atoms with van der Waals surface area (Å²) >= 11 is 1.51. The number of thiophene rings is 1. The van der Waals surface area contributed by atoms with Crippen molar-refractivity contribution in [1.29, 1.82) is 0 Å². The Balaban J connectivity index is 1.75. The Kier molecular flexibility index (Phi) is 5.44. The molecule has 22 heavy (non-hydrogen) atoms. The fraction of sp³-hybridized carbons (Fsp3) is 0.571. The molecule has 0 aliphatic carbocycles. The molecule has 2 heterocycles. The summed E-state index contributed by atoms with van der Waals surface area (Å²) in [7, 11) is 0. The van der Waals surface area contributed by atoms with Crippen LogP contribution in [0.5, 0.6) is 0 Å². The highest BCUT2D eigenvalue weighted by atomic mass is 32.1. The summed E-state index contributed by atoms with van der Waals surface area (Å²) in [5.41, 5.74) is 0. The summed E-state index contributed by atoms with van der Waals surface area (Å²) in [6, 6.07) is 3.77. The van der Waals surface area contributed by atoms with Crippen LogP contribution in [0.1, 0.15) is 17.7 Å². The Bertz CT molecular complexity index is 509. The van der Waals surface area contributed by atoms with E-state index in [9.17, 15) is 22.8 Å². The van der Waals surface area contributed by atoms with Crippen molar-refractivity contribution in [3.63, 3.8) is 0 Å². The fourth-order valence-electron chi connectivity index (χ4n) is 2.40. The smallest absolute Gasteiger partial charge is 0.347 e. The van der Waals surface area contributed by atoms with Crippen molar-refractivity contribution in [3.05, 3.63) is 22.4 Å². The topological polar surface area (TPSA) is 49.4 Å². The van der Waals surface area contributed by atoms with Crippen LogP contribution in [-0.4, -0.2) is 42.5 Å². The molecule has 4 nitrogen and oxygen atoms in total. The molecule has 1 aliphatic heterocycles. The number of hydrogen-bond acceptors (Lipinski definition) is 3. The van der Waals surface area contributed by atoms with Gasteiger partial charge in [0.05, 0.1) is 6.42 Å². The molecule has 1 fully saturated rings. The first-order valence-electron chi connectivity index (χ1n) is 7.00. The monoisotopic (exact) mass is 334 g/mol. The van der Waals surface area contributed by atoms with Gasteiger partial charge in [0, 0.05) is 23.9 Å². The van der Waals surface area contributed by atoms with E-state index in [4.69, 9.17) is 0 Å². The standard InChI is InChI=1S/C14H17F3N2O2S/c15-14(16,17)9-18-13(21)10-3-5-19(6-4-10)12(20)8-11-2-1-7-22-11/h1-2,7,10H,3-6,8-9H2,(H,18,21). The van der Waals surface area contributed by atoms with Gasteiger partial charge >= 0.3 is 6.18 Å². The van der Waals surface area contributed by atoms with Crippen molar-refractivity contribution in [1.82, 2.24) is 10.2 Å². The number of hydrogen-bond donors (Lipinski definition) is 1. The summed E-state index contributed by atoms with van der Waals surface area (Å²) < 4.78 is 36.2. The number of carbonyl (C=O) groups is 2. The van der Waals surface area contributed by atoms with E-state index in [0.717, 1.165) is 4.88 Å². The van der Waals surface area contributed by atoms with E-state index in [2.05, 4.69) is 0 Å². The molecule has 2 amide bonds. The normalized spacial score (nSPS) is 16.6. The molecule has 8 heteroatoms. The maximum Gasteiger partial charge on any atom is 0.405 e. The molecule has 0 saturated carbocycles. The van der Waals surface area contributed by atoms with Gasteiger partial charge < -0.3 is 10.2 Å². The molecule has 0 radical (unpaired) electrons. The second-order valence-corrected chi connectivity index (χ2v) is 6.28. The van der Waals surface area contributed by atoms with Crippen molar-refractivity contribution in [2.75, 3.05) is 19.6 Å². The number of nitrogens with zero attached hydrogens (tertiary/aromatic N) is 1. The van der Waals surface area contributed by atoms with Gasteiger partial charge in [-0.25, -0.2) is 0 Å². The Morgan fingerprint density at radius 3 is 2.55 bits per heavy atom. The van der Waals surface area contributed by atoms with Gasteiger partial charge in [-0.05, 0) is 24.3 Å². The van der Waals surface area contributed by atoms with E-state index in [0.29, 0.717) is 32.4 Å². The highest BCUT2D eigenvalue weighted by Crippen LogP contribution is 2.20. The first-order valence-corrected chi connectivity index (χ1v) is 7.88. The summed E-state index contributed by atoms with van der Waals surface area (Å²) in [6.45, 7) is -0.480. The first-order chi connectivity index (χ1) is 10.3. The molecule has 0 unspecified atom stereocenters. The summed E-state index contributed by atoms with van der Waals surface area (Å²) in [5, 5.41) is 3.81. The number of carbonyl (C=O) groups excluding carboxylic acids is 2. The molecular weight excluding hydrogens is 317 g/mol. The second-order valence-electron chi connectivity index (χ2n) is 5.24. The number of nitrogens with one attached hydrogen (secondary N) is 1. The van der Waals surface area contributed by atoms with Crippen LogP contribution < -0.4 is 5.32 Å². The second kappa shape index (κ2) is 7.13. The SMILES string of the molecule is O=C(NCC(F)(F)F)C1CCN(C(=O)Cc2cccs2)CC1. The van der Waals surface area contributed by atoms with Crippen LogP contribution in [0.15, 0.2) is 17.5 Å². The van der Waals surface area contributed by atoms with Crippen LogP contribution in [0.3, 0.4) is 0 Å². The van der Waals surface area contributed by atoms with Gasteiger partial charge in [0.2, 0.25) is 11.8 Å². The number of halogens is 3. The van der Waals surface area contributed by atoms with Crippen molar-refractivity contribution < 1.29 is 22.8 Å². The van der Waals surface area contributed by atoms with E-state index in [-0.39, 0.29) is 5.91 Å². The van der Waals surface area contributed by atoms with Gasteiger partial charge in [0.1, 0.15) is 6.54 Å². The van der Waals surface area contributed by atoms with Crippen molar-refractivity contribution in [2.24, 2.45) is 5.92 Å². The van der Waals surface area contributed by atoms with Crippen LogP contribution in [0.2, 0.25) is 0 Å². The molecule has 1 aromatic heterocycles. The molecule has 1 aliphatic rings. The lowest BCUT2D eigenvalue weighted by Crippen LogP contribution is -2.45. The number of rotatable bonds is 4. The maximum absolute atomic E-state index is 12.1. The van der Waals surface area contributed by atoms with E-state index in [1.807, 2.05) is 22.8 Å². The van der Waals surface area contributed by atoms with E-state index < -0.39 is 24.5 Å². The average Bonchev–Trinajstić information content (AvgIpc) is 2.97. The lowest BCUT2D eigenvalue weighted by Gasteiger charge is -2.31. The van der Waals surface area contributed by atoms with Crippen molar-refractivity contribution in [3.8, 4) is 0 Å². The minimum Gasteiger partial charge on any atom is -0.347 e. The number of amides is 2. The van der Waals surface area contributed by atoms with E-state index >= 15 is 0 Å². The lowest BCUT2D eigenvalue weighted by molar-refractivity contribution is -0.142. The zero-order valence-electron chi connectivity index (χ0n) is 11.9. The fourth-order valence-corrected chi connectivity index (χ4v) is 3.09. The zero-order valence-corrected chi connectivity index (χ0v) is 12.7. The minimum atomic E-state index is -4.40. The third-order valence-electron chi connectivity index (χ3n) is 3.59. The highest BCUT2D eigenvalue weighted by molar-refractivity contribution is 7.10. The van der Waals surface area contributed by atoms with Gasteiger partial charge in [0.15, 0.2) is 0 Å². The quantitative estimate of drug-likeness (QED) is 0.918. The van der Waals surface area contributed by atoms with E-state index in [1.165, 1.54) is 11.3 Å². The molecule has 0 atom stereocenters. The van der Waals surface area contributed by atoms with Crippen LogP contribution in [-0.2, 0) is 16.0 Å². The molecular formula is C14H17F3N2O2S. The maximum atomic E-state index is 12.1. The predicted octanol–water partition coefficient (Wildman–Crippen LogP) is 2.21. The third kappa shape index (κ3) is 5.01. The summed E-state index contributed by atoms with van der Waals surface area (Å²) in [4.78, 5) is 26.4. The van der Waals surface area contributed by atoms with Gasteiger partial charge in [-0.1, -0.05) is 6.07 Å². The molecule has 0 bridgehead atoms.